The average molecular weight is 503 g/mol. The molecule has 1 fully saturated rings. The molecule has 7 rings (SSSR count). The van der Waals surface area contributed by atoms with Gasteiger partial charge in [-0.3, -0.25) is 14.0 Å². The second kappa shape index (κ2) is 8.18. The zero-order valence-corrected chi connectivity index (χ0v) is 20.9. The molecule has 8 heteroatoms. The third-order valence-electron chi connectivity index (χ3n) is 8.15. The molecular formula is C28H27ClN4O3. The molecule has 184 valence electrons. The summed E-state index contributed by atoms with van der Waals surface area (Å²) >= 11 is 6.44. The first-order valence-electron chi connectivity index (χ1n) is 12.8. The van der Waals surface area contributed by atoms with Gasteiger partial charge in [-0.1, -0.05) is 24.9 Å². The monoisotopic (exact) mass is 502 g/mol. The van der Waals surface area contributed by atoms with Crippen LogP contribution in [-0.4, -0.2) is 38.4 Å². The van der Waals surface area contributed by atoms with E-state index in [2.05, 4.69) is 29.0 Å². The SMILES string of the molecule is CCCc1cc(Cl)cc2c1CC1c3cc4c(cc3C(=O)N1C2)[nH]c(=O)c1cnc(C2CCOCC2)n14. The van der Waals surface area contributed by atoms with Crippen molar-refractivity contribution in [2.75, 3.05) is 13.2 Å². The Hall–Kier alpha value is -3.16. The van der Waals surface area contributed by atoms with Gasteiger partial charge in [0.15, 0.2) is 0 Å². The molecule has 5 heterocycles. The number of aryl methyl sites for hydroxylation is 1. The molecule has 2 aromatic carbocycles. The van der Waals surface area contributed by atoms with E-state index >= 15 is 0 Å². The molecule has 0 bridgehead atoms. The lowest BCUT2D eigenvalue weighted by Crippen LogP contribution is -2.33. The second-order valence-corrected chi connectivity index (χ2v) is 10.7. The molecule has 0 aliphatic carbocycles. The van der Waals surface area contributed by atoms with E-state index in [-0.39, 0.29) is 23.4 Å². The quantitative estimate of drug-likeness (QED) is 0.431. The van der Waals surface area contributed by atoms with Crippen LogP contribution in [0, 0.1) is 0 Å². The van der Waals surface area contributed by atoms with Gasteiger partial charge in [0.1, 0.15) is 11.3 Å². The number of halogens is 1. The largest absolute Gasteiger partial charge is 0.381 e. The highest BCUT2D eigenvalue weighted by molar-refractivity contribution is 6.30. The first-order valence-corrected chi connectivity index (χ1v) is 13.2. The Bertz CT molecular complexity index is 1620. The predicted octanol–water partition coefficient (Wildman–Crippen LogP) is 4.93. The van der Waals surface area contributed by atoms with Crippen molar-refractivity contribution in [3.05, 3.63) is 79.5 Å². The van der Waals surface area contributed by atoms with Gasteiger partial charge >= 0.3 is 0 Å². The molecule has 0 radical (unpaired) electrons. The second-order valence-electron chi connectivity index (χ2n) is 10.2. The molecule has 3 aliphatic rings. The average Bonchev–Trinajstić information content (AvgIpc) is 3.44. The number of hydrogen-bond acceptors (Lipinski definition) is 4. The minimum atomic E-state index is -0.192. The molecule has 1 atom stereocenters. The number of nitrogens with one attached hydrogen (secondary N) is 1. The molecule has 1 unspecified atom stereocenters. The number of benzene rings is 2. The normalized spacial score (nSPS) is 19.7. The minimum absolute atomic E-state index is 0.01000. The molecule has 7 nitrogen and oxygen atoms in total. The molecule has 4 aromatic rings. The van der Waals surface area contributed by atoms with Gasteiger partial charge in [-0.05, 0) is 72.2 Å². The summed E-state index contributed by atoms with van der Waals surface area (Å²) < 4.78 is 7.57. The van der Waals surface area contributed by atoms with Gasteiger partial charge in [0, 0.05) is 36.3 Å². The predicted molar refractivity (Wildman–Crippen MR) is 138 cm³/mol. The number of fused-ring (bicyclic) bond motifs is 7. The number of nitrogens with zero attached hydrogens (tertiary/aromatic N) is 3. The first-order chi connectivity index (χ1) is 17.5. The number of carbonyl (C=O) groups excluding carboxylic acids is 1. The van der Waals surface area contributed by atoms with Crippen molar-refractivity contribution in [1.29, 1.82) is 0 Å². The van der Waals surface area contributed by atoms with E-state index in [1.165, 1.54) is 11.1 Å². The number of rotatable bonds is 3. The van der Waals surface area contributed by atoms with Crippen LogP contribution in [0.25, 0.3) is 16.6 Å². The van der Waals surface area contributed by atoms with Gasteiger partial charge in [0.2, 0.25) is 0 Å². The highest BCUT2D eigenvalue weighted by Crippen LogP contribution is 2.44. The lowest BCUT2D eigenvalue weighted by Gasteiger charge is -2.33. The van der Waals surface area contributed by atoms with Gasteiger partial charge < -0.3 is 14.6 Å². The lowest BCUT2D eigenvalue weighted by atomic mass is 9.87. The molecule has 1 amide bonds. The fourth-order valence-electron chi connectivity index (χ4n) is 6.45. The van der Waals surface area contributed by atoms with Crippen LogP contribution in [-0.2, 0) is 24.1 Å². The van der Waals surface area contributed by atoms with Crippen LogP contribution >= 0.6 is 11.6 Å². The summed E-state index contributed by atoms with van der Waals surface area (Å²) in [5.74, 6) is 1.15. The van der Waals surface area contributed by atoms with Gasteiger partial charge in [0.05, 0.1) is 23.3 Å². The lowest BCUT2D eigenvalue weighted by molar-refractivity contribution is 0.0692. The topological polar surface area (TPSA) is 79.7 Å². The fourth-order valence-corrected chi connectivity index (χ4v) is 6.72. The molecule has 1 N–H and O–H groups in total. The van der Waals surface area contributed by atoms with Crippen molar-refractivity contribution in [2.45, 2.75) is 57.5 Å². The highest BCUT2D eigenvalue weighted by atomic mass is 35.5. The summed E-state index contributed by atoms with van der Waals surface area (Å²) in [6.45, 7) is 4.12. The third-order valence-corrected chi connectivity index (χ3v) is 8.37. The maximum absolute atomic E-state index is 13.6. The van der Waals surface area contributed by atoms with E-state index in [1.807, 2.05) is 21.4 Å². The van der Waals surface area contributed by atoms with Crippen molar-refractivity contribution in [3.63, 3.8) is 0 Å². The summed E-state index contributed by atoms with van der Waals surface area (Å²) in [6.07, 6.45) is 6.22. The van der Waals surface area contributed by atoms with Gasteiger partial charge in [-0.15, -0.1) is 0 Å². The van der Waals surface area contributed by atoms with E-state index in [0.717, 1.165) is 59.6 Å². The summed E-state index contributed by atoms with van der Waals surface area (Å²) in [4.78, 5) is 36.2. The minimum Gasteiger partial charge on any atom is -0.381 e. The molecule has 0 saturated carbocycles. The number of hydrogen-bond donors (Lipinski definition) is 1. The van der Waals surface area contributed by atoms with Crippen LogP contribution < -0.4 is 5.56 Å². The number of carbonyl (C=O) groups is 1. The van der Waals surface area contributed by atoms with Crippen LogP contribution in [0.4, 0.5) is 0 Å². The maximum atomic E-state index is 13.6. The maximum Gasteiger partial charge on any atom is 0.274 e. The zero-order valence-electron chi connectivity index (χ0n) is 20.1. The van der Waals surface area contributed by atoms with E-state index in [4.69, 9.17) is 16.3 Å². The van der Waals surface area contributed by atoms with Crippen molar-refractivity contribution in [3.8, 4) is 0 Å². The third kappa shape index (κ3) is 3.19. The van der Waals surface area contributed by atoms with Gasteiger partial charge in [-0.25, -0.2) is 4.98 Å². The van der Waals surface area contributed by atoms with Crippen LogP contribution in [0.15, 0.2) is 35.3 Å². The summed E-state index contributed by atoms with van der Waals surface area (Å²) in [5.41, 5.74) is 7.35. The highest BCUT2D eigenvalue weighted by Gasteiger charge is 2.41. The van der Waals surface area contributed by atoms with E-state index < -0.39 is 0 Å². The van der Waals surface area contributed by atoms with Crippen molar-refractivity contribution in [2.24, 2.45) is 0 Å². The van der Waals surface area contributed by atoms with E-state index in [0.29, 0.717) is 36.4 Å². The summed E-state index contributed by atoms with van der Waals surface area (Å²) in [5, 5.41) is 0.728. The Labute approximate surface area is 213 Å². The molecule has 36 heavy (non-hydrogen) atoms. The summed E-state index contributed by atoms with van der Waals surface area (Å²) in [6, 6.07) is 8.03. The number of amides is 1. The standard InChI is InChI=1S/C28H27ClN4O3/c1-2-3-16-8-18(29)9-17-14-32-23(11-19(16)17)20-12-24-22(10-21(20)28(32)35)31-27(34)25-13-30-26(33(24)25)15-4-6-36-7-5-15/h8-10,12-13,15,23H,2-7,11,14H2,1H3,(H,31,34). The Balaban J connectivity index is 1.41. The van der Waals surface area contributed by atoms with Crippen molar-refractivity contribution < 1.29 is 9.53 Å². The fraction of sp³-hybridized carbons (Fsp3) is 0.393. The molecule has 1 saturated heterocycles. The van der Waals surface area contributed by atoms with Crippen molar-refractivity contribution in [1.82, 2.24) is 19.3 Å². The van der Waals surface area contributed by atoms with E-state index in [1.54, 1.807) is 6.20 Å². The Morgan fingerprint density at radius 1 is 1.14 bits per heavy atom. The number of H-pyrrole nitrogens is 1. The van der Waals surface area contributed by atoms with Crippen LogP contribution in [0.5, 0.6) is 0 Å². The number of imidazole rings is 1. The molecular weight excluding hydrogens is 476 g/mol. The zero-order chi connectivity index (χ0) is 24.6. The Kier molecular flexibility index (Phi) is 5.02. The van der Waals surface area contributed by atoms with Gasteiger partial charge in [0.25, 0.3) is 11.5 Å². The Morgan fingerprint density at radius 2 is 1.97 bits per heavy atom. The molecule has 2 aromatic heterocycles. The number of aromatic amines is 1. The van der Waals surface area contributed by atoms with Crippen LogP contribution in [0.1, 0.15) is 76.6 Å². The van der Waals surface area contributed by atoms with Crippen LogP contribution in [0.2, 0.25) is 5.02 Å². The first kappa shape index (κ1) is 22.1. The Morgan fingerprint density at radius 3 is 2.78 bits per heavy atom. The van der Waals surface area contributed by atoms with E-state index in [9.17, 15) is 9.59 Å². The number of aromatic nitrogens is 3. The molecule has 3 aliphatic heterocycles. The number of ether oxygens (including phenoxy) is 1. The van der Waals surface area contributed by atoms with Gasteiger partial charge in [-0.2, -0.15) is 0 Å². The van der Waals surface area contributed by atoms with Crippen LogP contribution in [0.3, 0.4) is 0 Å². The van der Waals surface area contributed by atoms with Crippen molar-refractivity contribution >= 4 is 34.1 Å². The smallest absolute Gasteiger partial charge is 0.274 e. The summed E-state index contributed by atoms with van der Waals surface area (Å²) in [7, 11) is 0. The molecule has 0 spiro atoms.